The van der Waals surface area contributed by atoms with Crippen molar-refractivity contribution in [2.75, 3.05) is 34.0 Å². The molecule has 1 saturated carbocycles. The highest BCUT2D eigenvalue weighted by Crippen LogP contribution is 2.49. The largest absolute Gasteiger partial charge is 0.493 e. The van der Waals surface area contributed by atoms with Crippen LogP contribution in [0.3, 0.4) is 0 Å². The second-order valence-corrected chi connectivity index (χ2v) is 6.83. The van der Waals surface area contributed by atoms with Gasteiger partial charge in [-0.3, -0.25) is 4.79 Å². The topological polar surface area (TPSA) is 48.0 Å². The number of amides is 1. The molecule has 5 heteroatoms. The lowest BCUT2D eigenvalue weighted by atomic mass is 9.88. The third-order valence-corrected chi connectivity index (χ3v) is 5.19. The third-order valence-electron chi connectivity index (χ3n) is 5.19. The van der Waals surface area contributed by atoms with Crippen molar-refractivity contribution < 1.29 is 19.0 Å². The molecule has 0 radical (unpaired) electrons. The minimum atomic E-state index is 0.183. The van der Waals surface area contributed by atoms with Crippen molar-refractivity contribution in [1.82, 2.24) is 4.90 Å². The molecule has 0 saturated heterocycles. The summed E-state index contributed by atoms with van der Waals surface area (Å²) in [6.07, 6.45) is 4.61. The average Bonchev–Trinajstić information content (AvgIpc) is 3.47. The van der Waals surface area contributed by atoms with Crippen LogP contribution in [0.2, 0.25) is 0 Å². The predicted octanol–water partition coefficient (Wildman–Crippen LogP) is 3.36. The SMILES string of the molecule is CCOCCCC(=O)N1CCc2cc(OC)c(OC)cc2C1C1CC1. The molecule has 1 heterocycles. The Morgan fingerprint density at radius 1 is 1.20 bits per heavy atom. The Morgan fingerprint density at radius 3 is 2.56 bits per heavy atom. The Bertz CT molecular complexity index is 612. The summed E-state index contributed by atoms with van der Waals surface area (Å²) in [5.74, 6) is 2.34. The molecule has 3 rings (SSSR count). The van der Waals surface area contributed by atoms with Gasteiger partial charge in [0.2, 0.25) is 5.91 Å². The molecule has 0 N–H and O–H groups in total. The fraction of sp³-hybridized carbons (Fsp3) is 0.650. The zero-order valence-electron chi connectivity index (χ0n) is 15.5. The Morgan fingerprint density at radius 2 is 1.92 bits per heavy atom. The summed E-state index contributed by atoms with van der Waals surface area (Å²) in [6.45, 7) is 4.13. The molecular weight excluding hydrogens is 318 g/mol. The van der Waals surface area contributed by atoms with E-state index in [1.165, 1.54) is 24.0 Å². The Hall–Kier alpha value is -1.75. The lowest BCUT2D eigenvalue weighted by Gasteiger charge is -2.38. The van der Waals surface area contributed by atoms with Crippen molar-refractivity contribution in [2.24, 2.45) is 5.92 Å². The van der Waals surface area contributed by atoms with Gasteiger partial charge in [-0.15, -0.1) is 0 Å². The molecule has 1 amide bonds. The van der Waals surface area contributed by atoms with E-state index in [4.69, 9.17) is 14.2 Å². The maximum Gasteiger partial charge on any atom is 0.223 e. The van der Waals surface area contributed by atoms with Crippen LogP contribution in [0.5, 0.6) is 11.5 Å². The number of fused-ring (bicyclic) bond motifs is 1. The van der Waals surface area contributed by atoms with Crippen LogP contribution in [0.4, 0.5) is 0 Å². The number of rotatable bonds is 8. The fourth-order valence-corrected chi connectivity index (χ4v) is 3.79. The fourth-order valence-electron chi connectivity index (χ4n) is 3.79. The van der Waals surface area contributed by atoms with Crippen LogP contribution in [0.15, 0.2) is 12.1 Å². The van der Waals surface area contributed by atoms with E-state index in [0.717, 1.165) is 30.9 Å². The summed E-state index contributed by atoms with van der Waals surface area (Å²) in [4.78, 5) is 14.9. The second kappa shape index (κ2) is 8.09. The highest BCUT2D eigenvalue weighted by atomic mass is 16.5. The maximum atomic E-state index is 12.8. The molecule has 138 valence electrons. The first-order valence-electron chi connectivity index (χ1n) is 9.31. The Kier molecular flexibility index (Phi) is 5.84. The van der Waals surface area contributed by atoms with Gasteiger partial charge in [0, 0.05) is 26.2 Å². The van der Waals surface area contributed by atoms with Crippen molar-refractivity contribution in [3.05, 3.63) is 23.3 Å². The molecule has 0 bridgehead atoms. The van der Waals surface area contributed by atoms with Gasteiger partial charge in [0.05, 0.1) is 20.3 Å². The molecule has 1 fully saturated rings. The summed E-state index contributed by atoms with van der Waals surface area (Å²) < 4.78 is 16.3. The molecule has 1 aliphatic heterocycles. The van der Waals surface area contributed by atoms with Gasteiger partial charge in [-0.05, 0) is 61.8 Å². The van der Waals surface area contributed by atoms with E-state index in [1.807, 2.05) is 6.92 Å². The smallest absolute Gasteiger partial charge is 0.223 e. The van der Waals surface area contributed by atoms with Gasteiger partial charge in [-0.25, -0.2) is 0 Å². The zero-order chi connectivity index (χ0) is 17.8. The maximum absolute atomic E-state index is 12.8. The van der Waals surface area contributed by atoms with Crippen LogP contribution in [0, 0.1) is 5.92 Å². The third kappa shape index (κ3) is 3.92. The number of carbonyl (C=O) groups is 1. The number of nitrogens with zero attached hydrogens (tertiary/aromatic N) is 1. The molecule has 1 atom stereocenters. The first-order valence-corrected chi connectivity index (χ1v) is 9.31. The van der Waals surface area contributed by atoms with E-state index in [1.54, 1.807) is 14.2 Å². The summed E-state index contributed by atoms with van der Waals surface area (Å²) in [5.41, 5.74) is 2.53. The van der Waals surface area contributed by atoms with Crippen molar-refractivity contribution in [1.29, 1.82) is 0 Å². The molecule has 25 heavy (non-hydrogen) atoms. The molecule has 0 spiro atoms. The van der Waals surface area contributed by atoms with Crippen LogP contribution in [-0.2, 0) is 16.0 Å². The van der Waals surface area contributed by atoms with Gasteiger partial charge in [0.15, 0.2) is 11.5 Å². The number of hydrogen-bond donors (Lipinski definition) is 0. The van der Waals surface area contributed by atoms with Gasteiger partial charge in [0.1, 0.15) is 0 Å². The lowest BCUT2D eigenvalue weighted by Crippen LogP contribution is -2.41. The number of methoxy groups -OCH3 is 2. The minimum absolute atomic E-state index is 0.183. The highest BCUT2D eigenvalue weighted by Gasteiger charge is 2.41. The first kappa shape index (κ1) is 18.1. The van der Waals surface area contributed by atoms with Crippen molar-refractivity contribution in [3.63, 3.8) is 0 Å². The molecule has 5 nitrogen and oxygen atoms in total. The van der Waals surface area contributed by atoms with Crippen LogP contribution in [0.1, 0.15) is 49.8 Å². The Balaban J connectivity index is 1.80. The van der Waals surface area contributed by atoms with E-state index in [0.29, 0.717) is 25.6 Å². The molecule has 1 aromatic rings. The van der Waals surface area contributed by atoms with Crippen LogP contribution >= 0.6 is 0 Å². The lowest BCUT2D eigenvalue weighted by molar-refractivity contribution is -0.135. The van der Waals surface area contributed by atoms with Crippen LogP contribution in [-0.4, -0.2) is 44.8 Å². The van der Waals surface area contributed by atoms with Gasteiger partial charge in [-0.2, -0.15) is 0 Å². The molecule has 2 aliphatic rings. The Labute approximate surface area is 150 Å². The zero-order valence-corrected chi connectivity index (χ0v) is 15.5. The van der Waals surface area contributed by atoms with Crippen molar-refractivity contribution >= 4 is 5.91 Å². The highest BCUT2D eigenvalue weighted by molar-refractivity contribution is 5.77. The van der Waals surface area contributed by atoms with Crippen molar-refractivity contribution in [3.8, 4) is 11.5 Å². The quantitative estimate of drug-likeness (QED) is 0.677. The van der Waals surface area contributed by atoms with Gasteiger partial charge >= 0.3 is 0 Å². The summed E-state index contributed by atoms with van der Waals surface area (Å²) in [5, 5.41) is 0. The van der Waals surface area contributed by atoms with E-state index < -0.39 is 0 Å². The van der Waals surface area contributed by atoms with Gasteiger partial charge in [0.25, 0.3) is 0 Å². The first-order chi connectivity index (χ1) is 12.2. The molecule has 1 aliphatic carbocycles. The molecule has 1 aromatic carbocycles. The van der Waals surface area contributed by atoms with Crippen LogP contribution < -0.4 is 9.47 Å². The molecule has 1 unspecified atom stereocenters. The van der Waals surface area contributed by atoms with Crippen LogP contribution in [0.25, 0.3) is 0 Å². The average molecular weight is 347 g/mol. The standard InChI is InChI=1S/C20H29NO4/c1-4-25-11-5-6-19(22)21-10-9-15-12-17(23-2)18(24-3)13-16(15)20(21)14-7-8-14/h12-14,20H,4-11H2,1-3H3. The van der Waals surface area contributed by atoms with E-state index >= 15 is 0 Å². The predicted molar refractivity (Wildman–Crippen MR) is 96.2 cm³/mol. The monoisotopic (exact) mass is 347 g/mol. The number of hydrogen-bond acceptors (Lipinski definition) is 4. The van der Waals surface area contributed by atoms with E-state index in [-0.39, 0.29) is 11.9 Å². The summed E-state index contributed by atoms with van der Waals surface area (Å²) >= 11 is 0. The van der Waals surface area contributed by atoms with E-state index in [9.17, 15) is 4.79 Å². The molecule has 0 aromatic heterocycles. The summed E-state index contributed by atoms with van der Waals surface area (Å²) in [7, 11) is 3.33. The minimum Gasteiger partial charge on any atom is -0.493 e. The summed E-state index contributed by atoms with van der Waals surface area (Å²) in [6, 6.07) is 4.35. The van der Waals surface area contributed by atoms with Gasteiger partial charge in [-0.1, -0.05) is 0 Å². The number of carbonyl (C=O) groups excluding carboxylic acids is 1. The molecular formula is C20H29NO4. The van der Waals surface area contributed by atoms with Crippen molar-refractivity contribution in [2.45, 2.75) is 45.1 Å². The van der Waals surface area contributed by atoms with Gasteiger partial charge < -0.3 is 19.1 Å². The normalized spacial score (nSPS) is 19.5. The number of ether oxygens (including phenoxy) is 3. The van der Waals surface area contributed by atoms with E-state index in [2.05, 4.69) is 17.0 Å². The second-order valence-electron chi connectivity index (χ2n) is 6.83. The number of benzene rings is 1.